The summed E-state index contributed by atoms with van der Waals surface area (Å²) in [6.45, 7) is 7.51. The lowest BCUT2D eigenvalue weighted by molar-refractivity contribution is -0.123. The normalized spacial score (nSPS) is 16.5. The molecule has 1 aliphatic rings. The lowest BCUT2D eigenvalue weighted by Crippen LogP contribution is -2.34. The Labute approximate surface area is 140 Å². The van der Waals surface area contributed by atoms with Crippen molar-refractivity contribution >= 4 is 5.91 Å². The number of carbonyl (C=O) groups excluding carboxylic acids is 1. The second-order valence-electron chi connectivity index (χ2n) is 6.90. The molecule has 1 fully saturated rings. The van der Waals surface area contributed by atoms with Gasteiger partial charge in [0.05, 0.1) is 0 Å². The molecule has 23 heavy (non-hydrogen) atoms. The van der Waals surface area contributed by atoms with Gasteiger partial charge in [-0.25, -0.2) is 0 Å². The summed E-state index contributed by atoms with van der Waals surface area (Å²) >= 11 is 0. The van der Waals surface area contributed by atoms with Gasteiger partial charge in [0.2, 0.25) is 0 Å². The third kappa shape index (κ3) is 6.22. The van der Waals surface area contributed by atoms with E-state index < -0.39 is 0 Å². The number of likely N-dealkylation sites (tertiary alicyclic amines) is 1. The van der Waals surface area contributed by atoms with Crippen LogP contribution < -0.4 is 10.1 Å². The van der Waals surface area contributed by atoms with Crippen LogP contribution in [-0.4, -0.2) is 44.1 Å². The van der Waals surface area contributed by atoms with Gasteiger partial charge in [0.15, 0.2) is 6.61 Å². The second kappa shape index (κ2) is 8.92. The number of amides is 1. The fraction of sp³-hybridized carbons (Fsp3) is 0.632. The summed E-state index contributed by atoms with van der Waals surface area (Å²) in [6.07, 6.45) is 3.55. The number of carbonyl (C=O) groups is 1. The zero-order valence-electron chi connectivity index (χ0n) is 14.7. The van der Waals surface area contributed by atoms with Crippen molar-refractivity contribution in [2.24, 2.45) is 5.92 Å². The molecule has 1 amide bonds. The van der Waals surface area contributed by atoms with Crippen molar-refractivity contribution in [2.45, 2.75) is 39.0 Å². The van der Waals surface area contributed by atoms with Crippen LogP contribution >= 0.6 is 0 Å². The third-order valence-corrected chi connectivity index (χ3v) is 4.63. The fourth-order valence-electron chi connectivity index (χ4n) is 2.92. The van der Waals surface area contributed by atoms with Crippen molar-refractivity contribution in [3.63, 3.8) is 0 Å². The zero-order chi connectivity index (χ0) is 16.7. The van der Waals surface area contributed by atoms with Crippen molar-refractivity contribution in [2.75, 3.05) is 33.3 Å². The maximum atomic E-state index is 11.8. The van der Waals surface area contributed by atoms with Crippen LogP contribution in [0.15, 0.2) is 24.3 Å². The number of ether oxygens (including phenoxy) is 1. The topological polar surface area (TPSA) is 41.6 Å². The van der Waals surface area contributed by atoms with Crippen LogP contribution in [-0.2, 0) is 4.79 Å². The molecule has 1 N–H and O–H groups in total. The summed E-state index contributed by atoms with van der Waals surface area (Å²) in [5, 5.41) is 2.96. The zero-order valence-corrected chi connectivity index (χ0v) is 14.7. The number of nitrogens with one attached hydrogen (secondary N) is 1. The minimum atomic E-state index is -0.0362. The highest BCUT2D eigenvalue weighted by molar-refractivity contribution is 5.77. The van der Waals surface area contributed by atoms with Crippen LogP contribution in [0.1, 0.15) is 44.6 Å². The highest BCUT2D eigenvalue weighted by atomic mass is 16.5. The second-order valence-corrected chi connectivity index (χ2v) is 6.90. The van der Waals surface area contributed by atoms with Crippen LogP contribution in [0, 0.1) is 5.92 Å². The molecule has 0 spiro atoms. The van der Waals surface area contributed by atoms with Gasteiger partial charge < -0.3 is 15.0 Å². The number of rotatable bonds is 7. The summed E-state index contributed by atoms with van der Waals surface area (Å²) in [5.74, 6) is 1.97. The van der Waals surface area contributed by atoms with Gasteiger partial charge in [-0.1, -0.05) is 26.0 Å². The summed E-state index contributed by atoms with van der Waals surface area (Å²) < 4.78 is 5.54. The van der Waals surface area contributed by atoms with Gasteiger partial charge in [-0.15, -0.1) is 0 Å². The Morgan fingerprint density at radius 2 is 1.91 bits per heavy atom. The summed E-state index contributed by atoms with van der Waals surface area (Å²) in [5.41, 5.74) is 1.28. The van der Waals surface area contributed by atoms with Gasteiger partial charge in [-0.05, 0) is 68.9 Å². The number of hydrogen-bond acceptors (Lipinski definition) is 3. The number of hydrogen-bond donors (Lipinski definition) is 1. The summed E-state index contributed by atoms with van der Waals surface area (Å²) in [7, 11) is 2.17. The molecular weight excluding hydrogens is 288 g/mol. The minimum Gasteiger partial charge on any atom is -0.484 e. The van der Waals surface area contributed by atoms with Gasteiger partial charge in [0.1, 0.15) is 5.75 Å². The van der Waals surface area contributed by atoms with E-state index in [-0.39, 0.29) is 12.5 Å². The Hall–Kier alpha value is -1.55. The average Bonchev–Trinajstić information content (AvgIpc) is 2.55. The van der Waals surface area contributed by atoms with Crippen molar-refractivity contribution in [1.82, 2.24) is 10.2 Å². The van der Waals surface area contributed by atoms with E-state index in [9.17, 15) is 4.79 Å². The smallest absolute Gasteiger partial charge is 0.257 e. The molecule has 0 unspecified atom stereocenters. The van der Waals surface area contributed by atoms with E-state index in [0.29, 0.717) is 5.92 Å². The predicted octanol–water partition coefficient (Wildman–Crippen LogP) is 3.04. The van der Waals surface area contributed by atoms with E-state index in [1.54, 1.807) is 0 Å². The standard InChI is InChI=1S/C19H30N2O2/c1-15(2)17-4-6-18(7-5-17)23-14-19(22)20-11-8-16-9-12-21(3)13-10-16/h4-7,15-16H,8-14H2,1-3H3,(H,20,22). The van der Waals surface area contributed by atoms with Gasteiger partial charge in [-0.2, -0.15) is 0 Å². The molecule has 1 heterocycles. The third-order valence-electron chi connectivity index (χ3n) is 4.63. The van der Waals surface area contributed by atoms with E-state index in [0.717, 1.165) is 24.6 Å². The van der Waals surface area contributed by atoms with Crippen molar-refractivity contribution in [1.29, 1.82) is 0 Å². The quantitative estimate of drug-likeness (QED) is 0.840. The van der Waals surface area contributed by atoms with Crippen molar-refractivity contribution in [3.05, 3.63) is 29.8 Å². The Kier molecular flexibility index (Phi) is 6.90. The molecule has 0 radical (unpaired) electrons. The lowest BCUT2D eigenvalue weighted by atomic mass is 9.94. The summed E-state index contributed by atoms with van der Waals surface area (Å²) in [4.78, 5) is 14.2. The predicted molar refractivity (Wildman–Crippen MR) is 93.9 cm³/mol. The first-order valence-corrected chi connectivity index (χ1v) is 8.72. The fourth-order valence-corrected chi connectivity index (χ4v) is 2.92. The Morgan fingerprint density at radius 3 is 2.52 bits per heavy atom. The van der Waals surface area contributed by atoms with Gasteiger partial charge in [0.25, 0.3) is 5.91 Å². The number of piperidine rings is 1. The molecule has 128 valence electrons. The Morgan fingerprint density at radius 1 is 1.26 bits per heavy atom. The molecule has 0 aliphatic carbocycles. The largest absolute Gasteiger partial charge is 0.484 e. The molecule has 1 aromatic rings. The molecule has 1 aromatic carbocycles. The monoisotopic (exact) mass is 318 g/mol. The molecule has 0 atom stereocenters. The van der Waals surface area contributed by atoms with Gasteiger partial charge in [-0.3, -0.25) is 4.79 Å². The molecule has 1 saturated heterocycles. The molecule has 4 heteroatoms. The van der Waals surface area contributed by atoms with E-state index in [1.807, 2.05) is 12.1 Å². The average molecular weight is 318 g/mol. The maximum absolute atomic E-state index is 11.8. The molecular formula is C19H30N2O2. The van der Waals surface area contributed by atoms with Gasteiger partial charge in [0, 0.05) is 6.54 Å². The van der Waals surface area contributed by atoms with E-state index in [2.05, 4.69) is 43.2 Å². The first kappa shape index (κ1) is 17.8. The van der Waals surface area contributed by atoms with Crippen LogP contribution in [0.2, 0.25) is 0 Å². The van der Waals surface area contributed by atoms with E-state index in [1.165, 1.54) is 31.5 Å². The Balaban J connectivity index is 1.61. The van der Waals surface area contributed by atoms with Crippen LogP contribution in [0.25, 0.3) is 0 Å². The highest BCUT2D eigenvalue weighted by Crippen LogP contribution is 2.19. The minimum absolute atomic E-state index is 0.0362. The molecule has 4 nitrogen and oxygen atoms in total. The number of nitrogens with zero attached hydrogens (tertiary/aromatic N) is 1. The molecule has 0 bridgehead atoms. The first-order valence-electron chi connectivity index (χ1n) is 8.72. The van der Waals surface area contributed by atoms with Crippen molar-refractivity contribution < 1.29 is 9.53 Å². The van der Waals surface area contributed by atoms with Crippen LogP contribution in [0.3, 0.4) is 0 Å². The number of benzene rings is 1. The lowest BCUT2D eigenvalue weighted by Gasteiger charge is -2.28. The van der Waals surface area contributed by atoms with E-state index >= 15 is 0 Å². The maximum Gasteiger partial charge on any atom is 0.257 e. The van der Waals surface area contributed by atoms with Gasteiger partial charge >= 0.3 is 0 Å². The van der Waals surface area contributed by atoms with Crippen LogP contribution in [0.4, 0.5) is 0 Å². The molecule has 0 saturated carbocycles. The Bertz CT molecular complexity index is 477. The van der Waals surface area contributed by atoms with Crippen LogP contribution in [0.5, 0.6) is 5.75 Å². The first-order chi connectivity index (χ1) is 11.0. The molecule has 2 rings (SSSR count). The highest BCUT2D eigenvalue weighted by Gasteiger charge is 2.16. The summed E-state index contributed by atoms with van der Waals surface area (Å²) in [6, 6.07) is 7.97. The van der Waals surface area contributed by atoms with E-state index in [4.69, 9.17) is 4.74 Å². The van der Waals surface area contributed by atoms with Crippen molar-refractivity contribution in [3.8, 4) is 5.75 Å². The SMILES string of the molecule is CC(C)c1ccc(OCC(=O)NCCC2CCN(C)CC2)cc1. The molecule has 0 aromatic heterocycles. The molecule has 1 aliphatic heterocycles.